The number of ether oxygens (including phenoxy) is 2. The van der Waals surface area contributed by atoms with Crippen LogP contribution in [0, 0.1) is 6.92 Å². The number of carbonyl (C=O) groups excluding carboxylic acids is 3. The molecular formula is C19H17Cl2N3O5. The molecule has 8 nitrogen and oxygen atoms in total. The van der Waals surface area contributed by atoms with Gasteiger partial charge < -0.3 is 20.1 Å². The normalized spacial score (nSPS) is 12.6. The van der Waals surface area contributed by atoms with Crippen molar-refractivity contribution in [1.29, 1.82) is 0 Å². The number of pyridine rings is 1. The molecule has 3 rings (SSSR count). The van der Waals surface area contributed by atoms with Gasteiger partial charge in [0, 0.05) is 18.3 Å². The van der Waals surface area contributed by atoms with Crippen LogP contribution in [0.4, 0.5) is 11.5 Å². The SMILES string of the molecule is Cc1c(Cl)cnc(NC(=O)COC(=O)COc2ccc3c(c2)CCC(=O)N3)c1Cl. The van der Waals surface area contributed by atoms with E-state index >= 15 is 0 Å². The molecule has 29 heavy (non-hydrogen) atoms. The molecule has 2 heterocycles. The molecule has 2 N–H and O–H groups in total. The van der Waals surface area contributed by atoms with Crippen molar-refractivity contribution in [3.8, 4) is 5.75 Å². The summed E-state index contributed by atoms with van der Waals surface area (Å²) in [5, 5.41) is 5.80. The molecule has 0 spiro atoms. The van der Waals surface area contributed by atoms with Gasteiger partial charge in [0.2, 0.25) is 5.91 Å². The number of benzene rings is 1. The molecule has 2 amide bonds. The van der Waals surface area contributed by atoms with Crippen LogP contribution in [0.1, 0.15) is 17.5 Å². The molecule has 0 saturated heterocycles. The molecule has 1 aromatic heterocycles. The van der Waals surface area contributed by atoms with Gasteiger partial charge in [0.25, 0.3) is 5.91 Å². The Balaban J connectivity index is 1.46. The topological polar surface area (TPSA) is 107 Å². The molecule has 0 aliphatic carbocycles. The van der Waals surface area contributed by atoms with Gasteiger partial charge >= 0.3 is 5.97 Å². The molecule has 0 unspecified atom stereocenters. The standard InChI is InChI=1S/C19H17Cl2N3O5/c1-10-13(20)7-22-19(18(10)21)24-16(26)8-29-17(27)9-28-12-3-4-14-11(6-12)2-5-15(25)23-14/h3-4,6-7H,2,5,8-9H2,1H3,(H,23,25)(H,22,24,26). The van der Waals surface area contributed by atoms with Gasteiger partial charge in [-0.25, -0.2) is 9.78 Å². The summed E-state index contributed by atoms with van der Waals surface area (Å²) in [6, 6.07) is 5.11. The van der Waals surface area contributed by atoms with Crippen molar-refractivity contribution < 1.29 is 23.9 Å². The largest absolute Gasteiger partial charge is 0.482 e. The Kier molecular flexibility index (Phi) is 6.56. The van der Waals surface area contributed by atoms with E-state index in [1.165, 1.54) is 6.20 Å². The van der Waals surface area contributed by atoms with Gasteiger partial charge in [-0.3, -0.25) is 9.59 Å². The number of hydrogen-bond acceptors (Lipinski definition) is 6. The average Bonchev–Trinajstić information content (AvgIpc) is 2.71. The molecule has 0 fully saturated rings. The van der Waals surface area contributed by atoms with Gasteiger partial charge in [0.1, 0.15) is 5.75 Å². The maximum absolute atomic E-state index is 11.9. The zero-order valence-corrected chi connectivity index (χ0v) is 16.9. The van der Waals surface area contributed by atoms with E-state index in [4.69, 9.17) is 32.7 Å². The fourth-order valence-electron chi connectivity index (χ4n) is 2.59. The highest BCUT2D eigenvalue weighted by molar-refractivity contribution is 6.37. The zero-order chi connectivity index (χ0) is 21.0. The molecule has 1 aliphatic heterocycles. The predicted octanol–water partition coefficient (Wildman–Crippen LogP) is 3.14. The lowest BCUT2D eigenvalue weighted by atomic mass is 10.0. The number of aromatic nitrogens is 1. The number of hydrogen-bond donors (Lipinski definition) is 2. The second-order valence-electron chi connectivity index (χ2n) is 6.26. The lowest BCUT2D eigenvalue weighted by molar-refractivity contribution is -0.149. The Morgan fingerprint density at radius 2 is 2.03 bits per heavy atom. The maximum atomic E-state index is 11.9. The van der Waals surface area contributed by atoms with Crippen molar-refractivity contribution in [2.75, 3.05) is 23.8 Å². The molecule has 0 saturated carbocycles. The molecule has 152 valence electrons. The van der Waals surface area contributed by atoms with E-state index in [1.807, 2.05) is 0 Å². The molecule has 0 atom stereocenters. The Morgan fingerprint density at radius 1 is 1.24 bits per heavy atom. The zero-order valence-electron chi connectivity index (χ0n) is 15.4. The minimum absolute atomic E-state index is 0.0294. The van der Waals surface area contributed by atoms with E-state index in [0.717, 1.165) is 11.3 Å². The molecule has 10 heteroatoms. The quantitative estimate of drug-likeness (QED) is 0.672. The first-order chi connectivity index (χ1) is 13.8. The van der Waals surface area contributed by atoms with Crippen molar-refractivity contribution in [2.24, 2.45) is 0 Å². The van der Waals surface area contributed by atoms with Crippen LogP contribution in [0.15, 0.2) is 24.4 Å². The van der Waals surface area contributed by atoms with E-state index in [1.54, 1.807) is 25.1 Å². The number of fused-ring (bicyclic) bond motifs is 1. The van der Waals surface area contributed by atoms with Gasteiger partial charge in [-0.05, 0) is 42.7 Å². The number of aryl methyl sites for hydroxylation is 1. The summed E-state index contributed by atoms with van der Waals surface area (Å²) in [5.41, 5.74) is 2.24. The van der Waals surface area contributed by atoms with Crippen LogP contribution in [0.2, 0.25) is 10.0 Å². The minimum atomic E-state index is -0.711. The third-order valence-corrected chi connectivity index (χ3v) is 5.00. The van der Waals surface area contributed by atoms with Gasteiger partial charge in [0.15, 0.2) is 19.0 Å². The highest BCUT2D eigenvalue weighted by Gasteiger charge is 2.16. The van der Waals surface area contributed by atoms with Crippen molar-refractivity contribution in [3.63, 3.8) is 0 Å². The Hall–Kier alpha value is -2.84. The number of nitrogens with zero attached hydrogens (tertiary/aromatic N) is 1. The van der Waals surface area contributed by atoms with Gasteiger partial charge in [-0.1, -0.05) is 23.2 Å². The first-order valence-corrected chi connectivity index (χ1v) is 9.40. The van der Waals surface area contributed by atoms with Crippen molar-refractivity contribution in [1.82, 2.24) is 4.98 Å². The summed E-state index contributed by atoms with van der Waals surface area (Å²) < 4.78 is 10.3. The minimum Gasteiger partial charge on any atom is -0.482 e. The van der Waals surface area contributed by atoms with Crippen LogP contribution in [0.25, 0.3) is 0 Å². The Labute approximate surface area is 176 Å². The summed E-state index contributed by atoms with van der Waals surface area (Å²) >= 11 is 12.0. The number of carbonyl (C=O) groups is 3. The van der Waals surface area contributed by atoms with E-state index in [2.05, 4.69) is 15.6 Å². The third kappa shape index (κ3) is 5.36. The highest BCUT2D eigenvalue weighted by atomic mass is 35.5. The van der Waals surface area contributed by atoms with Crippen molar-refractivity contribution in [3.05, 3.63) is 45.6 Å². The monoisotopic (exact) mass is 437 g/mol. The van der Waals surface area contributed by atoms with E-state index in [0.29, 0.717) is 29.2 Å². The molecule has 2 aromatic rings. The van der Waals surface area contributed by atoms with E-state index in [-0.39, 0.29) is 23.4 Å². The van der Waals surface area contributed by atoms with Crippen LogP contribution < -0.4 is 15.4 Å². The van der Waals surface area contributed by atoms with Gasteiger partial charge in [-0.2, -0.15) is 0 Å². The average molecular weight is 438 g/mol. The summed E-state index contributed by atoms with van der Waals surface area (Å²) in [5.74, 6) is -0.740. The molecule has 1 aliphatic rings. The van der Waals surface area contributed by atoms with Crippen molar-refractivity contribution in [2.45, 2.75) is 19.8 Å². The summed E-state index contributed by atoms with van der Waals surface area (Å²) in [4.78, 5) is 39.1. The first-order valence-electron chi connectivity index (χ1n) is 8.65. The van der Waals surface area contributed by atoms with Crippen LogP contribution >= 0.6 is 23.2 Å². The number of amides is 2. The fraction of sp³-hybridized carbons (Fsp3) is 0.263. The fourth-order valence-corrected chi connectivity index (χ4v) is 2.98. The number of rotatable bonds is 6. The lowest BCUT2D eigenvalue weighted by Gasteiger charge is -2.17. The first kappa shape index (κ1) is 20.9. The van der Waals surface area contributed by atoms with Gasteiger partial charge in [0.05, 0.1) is 10.0 Å². The van der Waals surface area contributed by atoms with Crippen LogP contribution in [-0.4, -0.2) is 36.0 Å². The number of esters is 1. The molecule has 1 aromatic carbocycles. The highest BCUT2D eigenvalue weighted by Crippen LogP contribution is 2.28. The third-order valence-electron chi connectivity index (χ3n) is 4.15. The number of halogens is 2. The van der Waals surface area contributed by atoms with Crippen LogP contribution in [0.3, 0.4) is 0 Å². The maximum Gasteiger partial charge on any atom is 0.344 e. The second kappa shape index (κ2) is 9.11. The summed E-state index contributed by atoms with van der Waals surface area (Å²) in [7, 11) is 0. The molecule has 0 radical (unpaired) electrons. The predicted molar refractivity (Wildman–Crippen MR) is 107 cm³/mol. The lowest BCUT2D eigenvalue weighted by Crippen LogP contribution is -2.24. The van der Waals surface area contributed by atoms with E-state index < -0.39 is 18.5 Å². The van der Waals surface area contributed by atoms with E-state index in [9.17, 15) is 14.4 Å². The summed E-state index contributed by atoms with van der Waals surface area (Å²) in [6.07, 6.45) is 2.37. The van der Waals surface area contributed by atoms with Crippen LogP contribution in [0.5, 0.6) is 5.75 Å². The Morgan fingerprint density at radius 3 is 2.83 bits per heavy atom. The smallest absolute Gasteiger partial charge is 0.344 e. The van der Waals surface area contributed by atoms with Gasteiger partial charge in [-0.15, -0.1) is 0 Å². The number of anilines is 2. The molecule has 0 bridgehead atoms. The number of nitrogens with one attached hydrogen (secondary N) is 2. The second-order valence-corrected chi connectivity index (χ2v) is 7.04. The summed E-state index contributed by atoms with van der Waals surface area (Å²) in [6.45, 7) is 0.809. The van der Waals surface area contributed by atoms with Crippen molar-refractivity contribution >= 4 is 52.5 Å². The van der Waals surface area contributed by atoms with Crippen LogP contribution in [-0.2, 0) is 25.5 Å². The Bertz CT molecular complexity index is 981. The molecular weight excluding hydrogens is 421 g/mol.